The van der Waals surface area contributed by atoms with Crippen LogP contribution >= 0.6 is 0 Å². The lowest BCUT2D eigenvalue weighted by Gasteiger charge is -2.13. The van der Waals surface area contributed by atoms with Gasteiger partial charge in [0.2, 0.25) is 0 Å². The van der Waals surface area contributed by atoms with Gasteiger partial charge in [-0.05, 0) is 55.5 Å². The topological polar surface area (TPSA) is 43.5 Å². The number of aromatic nitrogens is 1. The zero-order valence-electron chi connectivity index (χ0n) is 19.1. The number of fused-ring (bicyclic) bond motifs is 1. The first kappa shape index (κ1) is 22.0. The van der Waals surface area contributed by atoms with E-state index in [1.54, 1.807) is 7.11 Å². The lowest BCUT2D eigenvalue weighted by molar-refractivity contribution is 0.145. The summed E-state index contributed by atoms with van der Waals surface area (Å²) in [6, 6.07) is 21.0. The van der Waals surface area contributed by atoms with Crippen LogP contribution in [-0.2, 0) is 11.2 Å². The fraction of sp³-hybridized carbons (Fsp3) is 0.286. The first-order chi connectivity index (χ1) is 15.7. The molecule has 4 heteroatoms. The first-order valence-corrected chi connectivity index (χ1v) is 11.2. The highest BCUT2D eigenvalue weighted by atomic mass is 16.5. The van der Waals surface area contributed by atoms with Gasteiger partial charge in [-0.2, -0.15) is 0 Å². The Bertz CT molecular complexity index is 1180. The maximum absolute atomic E-state index is 6.08. The molecule has 0 aliphatic rings. The van der Waals surface area contributed by atoms with E-state index >= 15 is 0 Å². The molecule has 4 nitrogen and oxygen atoms in total. The van der Waals surface area contributed by atoms with E-state index in [-0.39, 0.29) is 0 Å². The largest absolute Gasteiger partial charge is 0.493 e. The summed E-state index contributed by atoms with van der Waals surface area (Å²) in [6.45, 7) is 5.96. The van der Waals surface area contributed by atoms with Crippen molar-refractivity contribution in [2.24, 2.45) is 0 Å². The number of methoxy groups -OCH3 is 1. The van der Waals surface area contributed by atoms with Gasteiger partial charge in [0.15, 0.2) is 0 Å². The van der Waals surface area contributed by atoms with Crippen LogP contribution in [0.3, 0.4) is 0 Å². The fourth-order valence-corrected chi connectivity index (χ4v) is 4.11. The molecule has 0 fully saturated rings. The molecule has 0 bridgehead atoms. The molecule has 0 saturated carbocycles. The number of H-pyrrole nitrogens is 1. The molecule has 0 spiro atoms. The average molecular weight is 430 g/mol. The van der Waals surface area contributed by atoms with Gasteiger partial charge in [-0.1, -0.05) is 48.5 Å². The van der Waals surface area contributed by atoms with Gasteiger partial charge in [0, 0.05) is 29.8 Å². The van der Waals surface area contributed by atoms with Crippen LogP contribution in [0.1, 0.15) is 23.1 Å². The van der Waals surface area contributed by atoms with Crippen LogP contribution in [0.2, 0.25) is 0 Å². The van der Waals surface area contributed by atoms with Crippen LogP contribution in [0, 0.1) is 13.8 Å². The van der Waals surface area contributed by atoms with Crippen molar-refractivity contribution in [2.75, 3.05) is 26.9 Å². The summed E-state index contributed by atoms with van der Waals surface area (Å²) in [6.07, 6.45) is 4.04. The summed E-state index contributed by atoms with van der Waals surface area (Å²) in [5.41, 5.74) is 7.37. The Hall–Kier alpha value is -3.24. The summed E-state index contributed by atoms with van der Waals surface area (Å²) in [4.78, 5) is 3.51. The number of para-hydroxylation sites is 1. The molecule has 0 amide bonds. The van der Waals surface area contributed by atoms with E-state index in [9.17, 15) is 0 Å². The molecule has 4 aromatic rings. The molecular weight excluding hydrogens is 398 g/mol. The predicted molar refractivity (Wildman–Crippen MR) is 131 cm³/mol. The molecule has 1 N–H and O–H groups in total. The van der Waals surface area contributed by atoms with Gasteiger partial charge < -0.3 is 19.2 Å². The molecule has 0 unspecified atom stereocenters. The number of nitrogens with one attached hydrogen (secondary N) is 1. The molecule has 0 radical (unpaired) electrons. The minimum absolute atomic E-state index is 0.534. The van der Waals surface area contributed by atoms with Crippen molar-refractivity contribution < 1.29 is 14.2 Å². The Morgan fingerprint density at radius 3 is 2.25 bits per heavy atom. The standard InChI is InChI=1S/C28H31NO3/c1-20-9-4-5-11-23(20)25-13-6-12-24-22(19-29-28(24)25)10-8-16-31-26-14-7-15-27(21(26)2)32-18-17-30-3/h4-7,9,11-15,19,29H,8,10,16-18H2,1-3H3. The van der Waals surface area contributed by atoms with Crippen LogP contribution in [-0.4, -0.2) is 31.9 Å². The summed E-state index contributed by atoms with van der Waals surface area (Å²) in [7, 11) is 1.67. The Morgan fingerprint density at radius 2 is 1.47 bits per heavy atom. The quantitative estimate of drug-likeness (QED) is 0.293. The van der Waals surface area contributed by atoms with E-state index < -0.39 is 0 Å². The van der Waals surface area contributed by atoms with Crippen molar-refractivity contribution in [1.82, 2.24) is 4.98 Å². The van der Waals surface area contributed by atoms with E-state index in [0.717, 1.165) is 29.9 Å². The van der Waals surface area contributed by atoms with Gasteiger partial charge >= 0.3 is 0 Å². The third-order valence-corrected chi connectivity index (χ3v) is 5.86. The van der Waals surface area contributed by atoms with Crippen LogP contribution < -0.4 is 9.47 Å². The van der Waals surface area contributed by atoms with Crippen molar-refractivity contribution in [3.63, 3.8) is 0 Å². The van der Waals surface area contributed by atoms with Crippen LogP contribution in [0.25, 0.3) is 22.0 Å². The predicted octanol–water partition coefficient (Wildman–Crippen LogP) is 6.49. The SMILES string of the molecule is COCCOc1cccc(OCCCc2c[nH]c3c(-c4ccccc4C)cccc23)c1C. The Kier molecular flexibility index (Phi) is 7.13. The van der Waals surface area contributed by atoms with Gasteiger partial charge in [0.25, 0.3) is 0 Å². The second kappa shape index (κ2) is 10.4. The van der Waals surface area contributed by atoms with Gasteiger partial charge in [-0.15, -0.1) is 0 Å². The molecular formula is C28H31NO3. The summed E-state index contributed by atoms with van der Waals surface area (Å²) < 4.78 is 16.9. The maximum atomic E-state index is 6.08. The fourth-order valence-electron chi connectivity index (χ4n) is 4.11. The summed E-state index contributed by atoms with van der Waals surface area (Å²) in [5.74, 6) is 1.72. The Labute approximate surface area is 190 Å². The van der Waals surface area contributed by atoms with Crippen LogP contribution in [0.5, 0.6) is 11.5 Å². The number of rotatable bonds is 10. The molecule has 0 aliphatic carbocycles. The second-order valence-electron chi connectivity index (χ2n) is 8.03. The van der Waals surface area contributed by atoms with Crippen molar-refractivity contribution >= 4 is 10.9 Å². The van der Waals surface area contributed by atoms with E-state index in [1.807, 2.05) is 25.1 Å². The zero-order valence-corrected chi connectivity index (χ0v) is 19.1. The normalized spacial score (nSPS) is 11.1. The van der Waals surface area contributed by atoms with Crippen LogP contribution in [0.4, 0.5) is 0 Å². The number of benzene rings is 3. The highest BCUT2D eigenvalue weighted by molar-refractivity contribution is 5.96. The summed E-state index contributed by atoms with van der Waals surface area (Å²) >= 11 is 0. The monoisotopic (exact) mass is 429 g/mol. The smallest absolute Gasteiger partial charge is 0.126 e. The molecule has 32 heavy (non-hydrogen) atoms. The molecule has 166 valence electrons. The van der Waals surface area contributed by atoms with Gasteiger partial charge in [-0.3, -0.25) is 0 Å². The molecule has 0 saturated heterocycles. The first-order valence-electron chi connectivity index (χ1n) is 11.2. The second-order valence-corrected chi connectivity index (χ2v) is 8.03. The number of hydrogen-bond donors (Lipinski definition) is 1. The number of hydrogen-bond acceptors (Lipinski definition) is 3. The van der Waals surface area contributed by atoms with Gasteiger partial charge in [0.05, 0.1) is 18.7 Å². The van der Waals surface area contributed by atoms with Gasteiger partial charge in [-0.25, -0.2) is 0 Å². The minimum Gasteiger partial charge on any atom is -0.493 e. The number of aryl methyl sites for hydroxylation is 2. The minimum atomic E-state index is 0.534. The van der Waals surface area contributed by atoms with E-state index in [1.165, 1.54) is 33.2 Å². The molecule has 1 aromatic heterocycles. The van der Waals surface area contributed by atoms with Gasteiger partial charge in [0.1, 0.15) is 18.1 Å². The Balaban J connectivity index is 1.40. The molecule has 1 heterocycles. The van der Waals surface area contributed by atoms with Crippen molar-refractivity contribution in [1.29, 1.82) is 0 Å². The van der Waals surface area contributed by atoms with Crippen molar-refractivity contribution in [2.45, 2.75) is 26.7 Å². The van der Waals surface area contributed by atoms with Crippen LogP contribution in [0.15, 0.2) is 66.9 Å². The van der Waals surface area contributed by atoms with E-state index in [2.05, 4.69) is 60.6 Å². The highest BCUT2D eigenvalue weighted by Crippen LogP contribution is 2.32. The lowest BCUT2D eigenvalue weighted by Crippen LogP contribution is -2.06. The number of aromatic amines is 1. The molecule has 3 aromatic carbocycles. The zero-order chi connectivity index (χ0) is 22.3. The molecule has 4 rings (SSSR count). The van der Waals surface area contributed by atoms with E-state index in [0.29, 0.717) is 19.8 Å². The lowest BCUT2D eigenvalue weighted by atomic mass is 9.97. The summed E-state index contributed by atoms with van der Waals surface area (Å²) in [5, 5.41) is 1.29. The highest BCUT2D eigenvalue weighted by Gasteiger charge is 2.11. The van der Waals surface area contributed by atoms with Crippen molar-refractivity contribution in [3.05, 3.63) is 83.6 Å². The number of ether oxygens (including phenoxy) is 3. The third-order valence-electron chi connectivity index (χ3n) is 5.86. The van der Waals surface area contributed by atoms with E-state index in [4.69, 9.17) is 14.2 Å². The maximum Gasteiger partial charge on any atom is 0.126 e. The van der Waals surface area contributed by atoms with Crippen molar-refractivity contribution in [3.8, 4) is 22.6 Å². The Morgan fingerprint density at radius 1 is 0.750 bits per heavy atom. The molecule has 0 aliphatic heterocycles. The molecule has 0 atom stereocenters. The average Bonchev–Trinajstić information content (AvgIpc) is 3.22. The third kappa shape index (κ3) is 4.81.